The van der Waals surface area contributed by atoms with E-state index in [4.69, 9.17) is 4.74 Å². The molecule has 2 nitrogen and oxygen atoms in total. The molecule has 0 amide bonds. The molecule has 0 spiro atoms. The summed E-state index contributed by atoms with van der Waals surface area (Å²) in [5, 5.41) is 3.67. The Morgan fingerprint density at radius 1 is 1.19 bits per heavy atom. The molecule has 0 aliphatic rings. The lowest BCUT2D eigenvalue weighted by Crippen LogP contribution is -2.22. The molecular weight excluding hydrogens is 278 g/mol. The van der Waals surface area contributed by atoms with Crippen LogP contribution in [0.3, 0.4) is 0 Å². The van der Waals surface area contributed by atoms with Crippen LogP contribution in [0.1, 0.15) is 47.2 Å². The van der Waals surface area contributed by atoms with Gasteiger partial charge in [-0.25, -0.2) is 0 Å². The van der Waals surface area contributed by atoms with Crippen molar-refractivity contribution in [2.45, 2.75) is 39.7 Å². The quantitative estimate of drug-likeness (QED) is 0.799. The molecule has 0 bridgehead atoms. The molecule has 0 aliphatic heterocycles. The number of methoxy groups -OCH3 is 1. The average molecular weight is 303 g/mol. The molecule has 1 atom stereocenters. The van der Waals surface area contributed by atoms with E-state index in [1.807, 2.05) is 11.3 Å². The van der Waals surface area contributed by atoms with Gasteiger partial charge in [-0.05, 0) is 55.6 Å². The summed E-state index contributed by atoms with van der Waals surface area (Å²) in [6, 6.07) is 11.3. The number of hydrogen-bond donors (Lipinski definition) is 1. The molecule has 1 N–H and O–H groups in total. The maximum absolute atomic E-state index is 5.48. The fourth-order valence-corrected chi connectivity index (χ4v) is 3.48. The first kappa shape index (κ1) is 16.1. The van der Waals surface area contributed by atoms with Gasteiger partial charge in [-0.3, -0.25) is 0 Å². The van der Waals surface area contributed by atoms with E-state index in [1.54, 1.807) is 7.11 Å². The summed E-state index contributed by atoms with van der Waals surface area (Å²) in [6.45, 7) is 7.50. The van der Waals surface area contributed by atoms with Gasteiger partial charge in [-0.2, -0.15) is 0 Å². The van der Waals surface area contributed by atoms with E-state index in [0.717, 1.165) is 25.1 Å². The number of aryl methyl sites for hydroxylation is 2. The first-order valence-electron chi connectivity index (χ1n) is 7.66. The summed E-state index contributed by atoms with van der Waals surface area (Å²) < 4.78 is 5.48. The third-order valence-electron chi connectivity index (χ3n) is 3.68. The summed E-state index contributed by atoms with van der Waals surface area (Å²) in [5.74, 6) is 0.961. The van der Waals surface area contributed by atoms with E-state index in [1.165, 1.54) is 20.9 Å². The maximum Gasteiger partial charge on any atom is 0.122 e. The Balaban J connectivity index is 2.34. The second-order valence-electron chi connectivity index (χ2n) is 5.27. The molecule has 1 aromatic heterocycles. The first-order valence-corrected chi connectivity index (χ1v) is 8.47. The van der Waals surface area contributed by atoms with Crippen molar-refractivity contribution in [3.63, 3.8) is 0 Å². The van der Waals surface area contributed by atoms with Crippen molar-refractivity contribution in [2.75, 3.05) is 13.7 Å². The Kier molecular flexibility index (Phi) is 5.83. The van der Waals surface area contributed by atoms with E-state index >= 15 is 0 Å². The monoisotopic (exact) mass is 303 g/mol. The van der Waals surface area contributed by atoms with Crippen LogP contribution in [-0.4, -0.2) is 13.7 Å². The molecule has 114 valence electrons. The predicted molar refractivity (Wildman–Crippen MR) is 91.6 cm³/mol. The molecule has 0 saturated carbocycles. The first-order chi connectivity index (χ1) is 10.2. The van der Waals surface area contributed by atoms with E-state index in [0.29, 0.717) is 0 Å². The Morgan fingerprint density at radius 3 is 2.62 bits per heavy atom. The second-order valence-corrected chi connectivity index (χ2v) is 6.47. The van der Waals surface area contributed by atoms with E-state index in [-0.39, 0.29) is 6.04 Å². The summed E-state index contributed by atoms with van der Waals surface area (Å²) in [6.07, 6.45) is 2.23. The largest absolute Gasteiger partial charge is 0.496 e. The third-order valence-corrected chi connectivity index (χ3v) is 4.97. The van der Waals surface area contributed by atoms with Crippen LogP contribution in [0.5, 0.6) is 5.75 Å². The van der Waals surface area contributed by atoms with Crippen LogP contribution < -0.4 is 10.1 Å². The zero-order chi connectivity index (χ0) is 15.2. The molecule has 2 aromatic rings. The fourth-order valence-electron chi connectivity index (χ4n) is 2.43. The molecule has 0 radical (unpaired) electrons. The Hall–Kier alpha value is -1.32. The SMILES string of the molecule is CCCNC(c1ccc(C)c(OC)c1)c1ccc(CC)s1. The summed E-state index contributed by atoms with van der Waals surface area (Å²) in [7, 11) is 1.74. The van der Waals surface area contributed by atoms with Gasteiger partial charge in [0.1, 0.15) is 5.75 Å². The number of rotatable bonds is 7. The van der Waals surface area contributed by atoms with Gasteiger partial charge in [0, 0.05) is 9.75 Å². The number of thiophene rings is 1. The van der Waals surface area contributed by atoms with Crippen LogP contribution in [0, 0.1) is 6.92 Å². The molecule has 1 aromatic carbocycles. The van der Waals surface area contributed by atoms with E-state index in [9.17, 15) is 0 Å². The molecule has 1 unspecified atom stereocenters. The van der Waals surface area contributed by atoms with E-state index in [2.05, 4.69) is 56.4 Å². The van der Waals surface area contributed by atoms with Crippen molar-refractivity contribution < 1.29 is 4.74 Å². The van der Waals surface area contributed by atoms with Gasteiger partial charge in [0.25, 0.3) is 0 Å². The van der Waals surface area contributed by atoms with Crippen LogP contribution in [0.4, 0.5) is 0 Å². The highest BCUT2D eigenvalue weighted by atomic mass is 32.1. The number of nitrogens with one attached hydrogen (secondary N) is 1. The van der Waals surface area contributed by atoms with Gasteiger partial charge in [0.2, 0.25) is 0 Å². The number of hydrogen-bond acceptors (Lipinski definition) is 3. The lowest BCUT2D eigenvalue weighted by molar-refractivity contribution is 0.410. The molecular formula is C18H25NOS. The molecule has 3 heteroatoms. The van der Waals surface area contributed by atoms with Crippen molar-refractivity contribution in [3.8, 4) is 5.75 Å². The van der Waals surface area contributed by atoms with Crippen molar-refractivity contribution >= 4 is 11.3 Å². The third kappa shape index (κ3) is 3.86. The zero-order valence-corrected chi connectivity index (χ0v) is 14.2. The second kappa shape index (κ2) is 7.62. The van der Waals surface area contributed by atoms with Crippen LogP contribution >= 0.6 is 11.3 Å². The van der Waals surface area contributed by atoms with Crippen molar-refractivity contribution in [1.29, 1.82) is 0 Å². The highest BCUT2D eigenvalue weighted by Crippen LogP contribution is 2.31. The molecule has 1 heterocycles. The van der Waals surface area contributed by atoms with Crippen LogP contribution in [0.15, 0.2) is 30.3 Å². The number of ether oxygens (including phenoxy) is 1. The predicted octanol–water partition coefficient (Wildman–Crippen LogP) is 4.72. The topological polar surface area (TPSA) is 21.3 Å². The summed E-state index contributed by atoms with van der Waals surface area (Å²) >= 11 is 1.90. The van der Waals surface area contributed by atoms with Crippen LogP contribution in [0.2, 0.25) is 0 Å². The molecule has 0 aliphatic carbocycles. The molecule has 0 saturated heterocycles. The van der Waals surface area contributed by atoms with Gasteiger partial charge in [-0.1, -0.05) is 26.0 Å². The molecule has 0 fully saturated rings. The average Bonchev–Trinajstić information content (AvgIpc) is 2.98. The molecule has 21 heavy (non-hydrogen) atoms. The Morgan fingerprint density at radius 2 is 2.00 bits per heavy atom. The fraction of sp³-hybridized carbons (Fsp3) is 0.444. The lowest BCUT2D eigenvalue weighted by atomic mass is 10.0. The highest BCUT2D eigenvalue weighted by molar-refractivity contribution is 7.12. The highest BCUT2D eigenvalue weighted by Gasteiger charge is 2.16. The Bertz CT molecular complexity index is 576. The van der Waals surface area contributed by atoms with Gasteiger partial charge in [0.05, 0.1) is 13.2 Å². The van der Waals surface area contributed by atoms with Crippen molar-refractivity contribution in [2.24, 2.45) is 0 Å². The summed E-state index contributed by atoms with van der Waals surface area (Å²) in [5.41, 5.74) is 2.45. The van der Waals surface area contributed by atoms with Gasteiger partial charge in [0.15, 0.2) is 0 Å². The minimum Gasteiger partial charge on any atom is -0.496 e. The minimum atomic E-state index is 0.254. The maximum atomic E-state index is 5.48. The number of benzene rings is 1. The van der Waals surface area contributed by atoms with Gasteiger partial charge in [-0.15, -0.1) is 11.3 Å². The van der Waals surface area contributed by atoms with Gasteiger partial charge >= 0.3 is 0 Å². The van der Waals surface area contributed by atoms with E-state index < -0.39 is 0 Å². The lowest BCUT2D eigenvalue weighted by Gasteiger charge is -2.19. The van der Waals surface area contributed by atoms with Crippen molar-refractivity contribution in [3.05, 3.63) is 51.2 Å². The van der Waals surface area contributed by atoms with Crippen LogP contribution in [0.25, 0.3) is 0 Å². The van der Waals surface area contributed by atoms with Crippen molar-refractivity contribution in [1.82, 2.24) is 5.32 Å². The smallest absolute Gasteiger partial charge is 0.122 e. The Labute approximate surface area is 132 Å². The van der Waals surface area contributed by atoms with Crippen LogP contribution in [-0.2, 0) is 6.42 Å². The molecule has 2 rings (SSSR count). The summed E-state index contributed by atoms with van der Waals surface area (Å²) in [4.78, 5) is 2.82. The minimum absolute atomic E-state index is 0.254. The normalized spacial score (nSPS) is 12.4. The van der Waals surface area contributed by atoms with Gasteiger partial charge < -0.3 is 10.1 Å². The zero-order valence-electron chi connectivity index (χ0n) is 13.4. The standard InChI is InChI=1S/C18H25NOS/c1-5-11-19-18(17-10-9-15(6-2)21-17)14-8-7-13(3)16(12-14)20-4/h7-10,12,18-19H,5-6,11H2,1-4H3.